The van der Waals surface area contributed by atoms with Gasteiger partial charge in [-0.1, -0.05) is 0 Å². The molecule has 0 unspecified atom stereocenters. The fourth-order valence-corrected chi connectivity index (χ4v) is 2.12. The second kappa shape index (κ2) is 4.76. The molecule has 5 nitrogen and oxygen atoms in total. The number of anilines is 1. The van der Waals surface area contributed by atoms with E-state index in [1.54, 1.807) is 6.07 Å². The summed E-state index contributed by atoms with van der Waals surface area (Å²) < 4.78 is 16.7. The summed E-state index contributed by atoms with van der Waals surface area (Å²) in [5.41, 5.74) is 0.923. The lowest BCUT2D eigenvalue weighted by atomic mass is 10.2. The Morgan fingerprint density at radius 2 is 1.80 bits per heavy atom. The standard InChI is InChI=1S/C15H17NO4/c1-15(2)19-13-6-3-10(7-14(13)20-15)16-8-11-4-5-12(9-17)18-11/h3-7,16-17H,8-9H2,1-2H3. The molecule has 0 saturated heterocycles. The number of ether oxygens (including phenoxy) is 2. The molecule has 5 heteroatoms. The summed E-state index contributed by atoms with van der Waals surface area (Å²) >= 11 is 0. The second-order valence-electron chi connectivity index (χ2n) is 5.15. The minimum absolute atomic E-state index is 0.0842. The lowest BCUT2D eigenvalue weighted by Crippen LogP contribution is -2.29. The lowest BCUT2D eigenvalue weighted by molar-refractivity contribution is -0.0431. The topological polar surface area (TPSA) is 63.9 Å². The fourth-order valence-electron chi connectivity index (χ4n) is 2.12. The first kappa shape index (κ1) is 12.9. The maximum Gasteiger partial charge on any atom is 0.246 e. The molecule has 1 aliphatic heterocycles. The van der Waals surface area contributed by atoms with Gasteiger partial charge < -0.3 is 24.3 Å². The van der Waals surface area contributed by atoms with Gasteiger partial charge in [-0.15, -0.1) is 0 Å². The van der Waals surface area contributed by atoms with E-state index >= 15 is 0 Å². The lowest BCUT2D eigenvalue weighted by Gasteiger charge is -2.16. The van der Waals surface area contributed by atoms with E-state index in [9.17, 15) is 0 Å². The van der Waals surface area contributed by atoms with Gasteiger partial charge in [0.05, 0.1) is 6.54 Å². The van der Waals surface area contributed by atoms with Crippen LogP contribution in [0.25, 0.3) is 0 Å². The zero-order valence-corrected chi connectivity index (χ0v) is 11.5. The molecule has 0 amide bonds. The predicted molar refractivity (Wildman–Crippen MR) is 73.7 cm³/mol. The van der Waals surface area contributed by atoms with E-state index in [4.69, 9.17) is 19.0 Å². The van der Waals surface area contributed by atoms with E-state index in [-0.39, 0.29) is 6.61 Å². The van der Waals surface area contributed by atoms with Crippen molar-refractivity contribution in [2.24, 2.45) is 0 Å². The number of furan rings is 1. The predicted octanol–water partition coefficient (Wildman–Crippen LogP) is 2.89. The van der Waals surface area contributed by atoms with Crippen LogP contribution in [0.5, 0.6) is 11.5 Å². The molecule has 106 valence electrons. The van der Waals surface area contributed by atoms with E-state index < -0.39 is 5.79 Å². The molecule has 0 radical (unpaired) electrons. The number of rotatable bonds is 4. The van der Waals surface area contributed by atoms with Crippen LogP contribution in [0.15, 0.2) is 34.7 Å². The molecule has 0 saturated carbocycles. The van der Waals surface area contributed by atoms with E-state index in [0.717, 1.165) is 22.9 Å². The van der Waals surface area contributed by atoms with Crippen molar-refractivity contribution >= 4 is 5.69 Å². The van der Waals surface area contributed by atoms with E-state index in [1.165, 1.54) is 0 Å². The summed E-state index contributed by atoms with van der Waals surface area (Å²) in [7, 11) is 0. The van der Waals surface area contributed by atoms with Crippen LogP contribution in [0.2, 0.25) is 0 Å². The van der Waals surface area contributed by atoms with Crippen LogP contribution in [0.3, 0.4) is 0 Å². The summed E-state index contributed by atoms with van der Waals surface area (Å²) in [4.78, 5) is 0. The quantitative estimate of drug-likeness (QED) is 0.898. The van der Waals surface area contributed by atoms with Gasteiger partial charge in [0.15, 0.2) is 11.5 Å². The molecule has 1 aliphatic rings. The van der Waals surface area contributed by atoms with Crippen molar-refractivity contribution in [2.75, 3.05) is 5.32 Å². The fraction of sp³-hybridized carbons (Fsp3) is 0.333. The average Bonchev–Trinajstić information content (AvgIpc) is 2.97. The van der Waals surface area contributed by atoms with Crippen molar-refractivity contribution in [3.05, 3.63) is 41.9 Å². The summed E-state index contributed by atoms with van der Waals surface area (Å²) in [5, 5.41) is 12.2. The van der Waals surface area contributed by atoms with Gasteiger partial charge in [0.1, 0.15) is 18.1 Å². The number of benzene rings is 1. The number of aliphatic hydroxyl groups excluding tert-OH is 1. The van der Waals surface area contributed by atoms with Crippen molar-refractivity contribution in [2.45, 2.75) is 32.8 Å². The maximum atomic E-state index is 8.95. The van der Waals surface area contributed by atoms with Crippen molar-refractivity contribution in [3.8, 4) is 11.5 Å². The molecule has 1 aromatic heterocycles. The highest BCUT2D eigenvalue weighted by Gasteiger charge is 2.31. The molecule has 20 heavy (non-hydrogen) atoms. The summed E-state index contributed by atoms with van der Waals surface area (Å²) in [6.45, 7) is 4.21. The SMILES string of the molecule is CC1(C)Oc2ccc(NCc3ccc(CO)o3)cc2O1. The van der Waals surface area contributed by atoms with E-state index in [0.29, 0.717) is 12.3 Å². The van der Waals surface area contributed by atoms with Crippen LogP contribution in [-0.4, -0.2) is 10.9 Å². The highest BCUT2D eigenvalue weighted by molar-refractivity contribution is 5.56. The van der Waals surface area contributed by atoms with Crippen molar-refractivity contribution in [3.63, 3.8) is 0 Å². The first-order valence-electron chi connectivity index (χ1n) is 6.50. The minimum atomic E-state index is -0.613. The normalized spacial score (nSPS) is 15.3. The number of hydrogen-bond acceptors (Lipinski definition) is 5. The second-order valence-corrected chi connectivity index (χ2v) is 5.15. The molecule has 0 atom stereocenters. The summed E-state index contributed by atoms with van der Waals surface area (Å²) in [5.74, 6) is 2.20. The van der Waals surface area contributed by atoms with Crippen molar-refractivity contribution in [1.82, 2.24) is 0 Å². The molecular formula is C15H17NO4. The smallest absolute Gasteiger partial charge is 0.246 e. The molecule has 0 bridgehead atoms. The van der Waals surface area contributed by atoms with Gasteiger partial charge in [0.2, 0.25) is 5.79 Å². The average molecular weight is 275 g/mol. The molecule has 2 aromatic rings. The van der Waals surface area contributed by atoms with Gasteiger partial charge in [-0.2, -0.15) is 0 Å². The zero-order valence-electron chi connectivity index (χ0n) is 11.5. The third-order valence-electron chi connectivity index (χ3n) is 3.00. The number of fused-ring (bicyclic) bond motifs is 1. The van der Waals surface area contributed by atoms with Gasteiger partial charge in [-0.3, -0.25) is 0 Å². The Bertz CT molecular complexity index is 618. The van der Waals surface area contributed by atoms with Crippen LogP contribution < -0.4 is 14.8 Å². The molecule has 0 fully saturated rings. The molecule has 3 rings (SSSR count). The molecule has 2 N–H and O–H groups in total. The molecule has 0 aliphatic carbocycles. The van der Waals surface area contributed by atoms with Crippen LogP contribution in [0, 0.1) is 0 Å². The summed E-state index contributed by atoms with van der Waals surface area (Å²) in [6.07, 6.45) is 0. The Labute approximate surface area is 117 Å². The first-order chi connectivity index (χ1) is 9.55. The number of aliphatic hydroxyl groups is 1. The van der Waals surface area contributed by atoms with Gasteiger partial charge >= 0.3 is 0 Å². The van der Waals surface area contributed by atoms with E-state index in [2.05, 4.69) is 5.32 Å². The van der Waals surface area contributed by atoms with Gasteiger partial charge in [-0.05, 0) is 24.3 Å². The van der Waals surface area contributed by atoms with Crippen LogP contribution in [0.1, 0.15) is 25.4 Å². The Kier molecular flexibility index (Phi) is 3.06. The third kappa shape index (κ3) is 2.58. The Morgan fingerprint density at radius 3 is 2.55 bits per heavy atom. The Morgan fingerprint density at radius 1 is 1.05 bits per heavy atom. The molecule has 2 heterocycles. The molecule has 0 spiro atoms. The van der Waals surface area contributed by atoms with Gasteiger partial charge in [0.25, 0.3) is 0 Å². The summed E-state index contributed by atoms with van der Waals surface area (Å²) in [6, 6.07) is 9.32. The number of nitrogens with one attached hydrogen (secondary N) is 1. The third-order valence-corrected chi connectivity index (χ3v) is 3.00. The Balaban J connectivity index is 1.67. The van der Waals surface area contributed by atoms with Crippen LogP contribution in [0.4, 0.5) is 5.69 Å². The van der Waals surface area contributed by atoms with Crippen LogP contribution >= 0.6 is 0 Å². The molecular weight excluding hydrogens is 258 g/mol. The van der Waals surface area contributed by atoms with Crippen LogP contribution in [-0.2, 0) is 13.2 Å². The van der Waals surface area contributed by atoms with Crippen molar-refractivity contribution < 1.29 is 19.0 Å². The molecule has 1 aromatic carbocycles. The first-order valence-corrected chi connectivity index (χ1v) is 6.50. The zero-order chi connectivity index (χ0) is 14.2. The van der Waals surface area contributed by atoms with Gasteiger partial charge in [0, 0.05) is 25.6 Å². The minimum Gasteiger partial charge on any atom is -0.462 e. The number of hydrogen-bond donors (Lipinski definition) is 2. The Hall–Kier alpha value is -2.14. The highest BCUT2D eigenvalue weighted by Crippen LogP contribution is 2.40. The van der Waals surface area contributed by atoms with Gasteiger partial charge in [-0.25, -0.2) is 0 Å². The van der Waals surface area contributed by atoms with Crippen molar-refractivity contribution in [1.29, 1.82) is 0 Å². The van der Waals surface area contributed by atoms with E-state index in [1.807, 2.05) is 38.1 Å². The largest absolute Gasteiger partial charge is 0.462 e. The highest BCUT2D eigenvalue weighted by atomic mass is 16.7. The maximum absolute atomic E-state index is 8.95. The monoisotopic (exact) mass is 275 g/mol.